The van der Waals surface area contributed by atoms with Crippen LogP contribution in [0.4, 0.5) is 0 Å². The van der Waals surface area contributed by atoms with Crippen molar-refractivity contribution in [2.24, 2.45) is 5.92 Å². The second-order valence-electron chi connectivity index (χ2n) is 3.90. The van der Waals surface area contributed by atoms with Crippen molar-refractivity contribution < 1.29 is 0 Å². The molecule has 0 aromatic heterocycles. The van der Waals surface area contributed by atoms with Crippen LogP contribution in [0.5, 0.6) is 0 Å². The summed E-state index contributed by atoms with van der Waals surface area (Å²) in [7, 11) is 0. The summed E-state index contributed by atoms with van der Waals surface area (Å²) in [4.78, 5) is 0. The second-order valence-corrected chi connectivity index (χ2v) is 3.90. The number of hydrogen-bond acceptors (Lipinski definition) is 2. The summed E-state index contributed by atoms with van der Waals surface area (Å²) in [6, 6.07) is 1.30. The van der Waals surface area contributed by atoms with Gasteiger partial charge in [0.15, 0.2) is 0 Å². The number of rotatable bonds is 2. The van der Waals surface area contributed by atoms with Crippen molar-refractivity contribution in [3.05, 3.63) is 0 Å². The lowest BCUT2D eigenvalue weighted by Gasteiger charge is -2.31. The lowest BCUT2D eigenvalue weighted by atomic mass is 9.94. The Kier molecular flexibility index (Phi) is 3.34. The van der Waals surface area contributed by atoms with Gasteiger partial charge in [0.25, 0.3) is 0 Å². The van der Waals surface area contributed by atoms with Crippen LogP contribution in [0, 0.1) is 5.92 Å². The molecular formula is C9H20N2. The molecule has 11 heavy (non-hydrogen) atoms. The highest BCUT2D eigenvalue weighted by atomic mass is 15.0. The fourth-order valence-corrected chi connectivity index (χ4v) is 1.64. The van der Waals surface area contributed by atoms with Gasteiger partial charge in [-0.05, 0) is 18.9 Å². The fourth-order valence-electron chi connectivity index (χ4n) is 1.64. The molecule has 2 heteroatoms. The summed E-state index contributed by atoms with van der Waals surface area (Å²) in [5.41, 5.74) is 0. The Hall–Kier alpha value is -0.0800. The molecular weight excluding hydrogens is 136 g/mol. The topological polar surface area (TPSA) is 24.1 Å². The van der Waals surface area contributed by atoms with E-state index in [1.807, 2.05) is 0 Å². The standard InChI is InChI=1S/C9H20N2/c1-7(2)11-9-6-10-5-4-8(9)3/h7-11H,4-6H2,1-3H3/t8-,9-/m0/s1. The predicted molar refractivity (Wildman–Crippen MR) is 48.7 cm³/mol. The molecule has 0 bridgehead atoms. The van der Waals surface area contributed by atoms with Crippen molar-refractivity contribution in [2.75, 3.05) is 13.1 Å². The van der Waals surface area contributed by atoms with Gasteiger partial charge < -0.3 is 10.6 Å². The lowest BCUT2D eigenvalue weighted by Crippen LogP contribution is -2.50. The average molecular weight is 156 g/mol. The van der Waals surface area contributed by atoms with Gasteiger partial charge in [-0.25, -0.2) is 0 Å². The molecule has 66 valence electrons. The van der Waals surface area contributed by atoms with Crippen LogP contribution in [0.3, 0.4) is 0 Å². The van der Waals surface area contributed by atoms with E-state index in [-0.39, 0.29) is 0 Å². The largest absolute Gasteiger partial charge is 0.315 e. The van der Waals surface area contributed by atoms with E-state index in [4.69, 9.17) is 0 Å². The Bertz CT molecular complexity index is 112. The molecule has 0 spiro atoms. The zero-order chi connectivity index (χ0) is 8.27. The van der Waals surface area contributed by atoms with Gasteiger partial charge in [0.2, 0.25) is 0 Å². The van der Waals surface area contributed by atoms with Gasteiger partial charge >= 0.3 is 0 Å². The van der Waals surface area contributed by atoms with Gasteiger partial charge in [-0.3, -0.25) is 0 Å². The highest BCUT2D eigenvalue weighted by Gasteiger charge is 2.20. The van der Waals surface area contributed by atoms with Crippen LogP contribution in [0.25, 0.3) is 0 Å². The molecule has 0 aromatic rings. The minimum absolute atomic E-state index is 0.613. The van der Waals surface area contributed by atoms with Crippen LogP contribution >= 0.6 is 0 Å². The summed E-state index contributed by atoms with van der Waals surface area (Å²) in [6.07, 6.45) is 1.31. The molecule has 1 aliphatic rings. The smallest absolute Gasteiger partial charge is 0.0220 e. The first kappa shape index (κ1) is 9.01. The SMILES string of the molecule is CC(C)N[C@H]1CNCC[C@@H]1C. The van der Waals surface area contributed by atoms with Crippen molar-refractivity contribution in [1.29, 1.82) is 0 Å². The minimum atomic E-state index is 0.613. The third-order valence-corrected chi connectivity index (χ3v) is 2.38. The fraction of sp³-hybridized carbons (Fsp3) is 1.00. The van der Waals surface area contributed by atoms with Crippen molar-refractivity contribution >= 4 is 0 Å². The molecule has 1 aliphatic heterocycles. The van der Waals surface area contributed by atoms with Crippen LogP contribution in [-0.4, -0.2) is 25.2 Å². The van der Waals surface area contributed by atoms with E-state index in [0.717, 1.165) is 12.5 Å². The Morgan fingerprint density at radius 3 is 2.73 bits per heavy atom. The monoisotopic (exact) mass is 156 g/mol. The van der Waals surface area contributed by atoms with E-state index in [9.17, 15) is 0 Å². The first-order chi connectivity index (χ1) is 5.20. The van der Waals surface area contributed by atoms with Gasteiger partial charge in [-0.2, -0.15) is 0 Å². The molecule has 2 N–H and O–H groups in total. The van der Waals surface area contributed by atoms with E-state index in [0.29, 0.717) is 12.1 Å². The third-order valence-electron chi connectivity index (χ3n) is 2.38. The predicted octanol–water partition coefficient (Wildman–Crippen LogP) is 0.982. The third kappa shape index (κ3) is 2.80. The molecule has 0 amide bonds. The molecule has 0 radical (unpaired) electrons. The van der Waals surface area contributed by atoms with Crippen LogP contribution in [0.1, 0.15) is 27.2 Å². The molecule has 1 rings (SSSR count). The summed E-state index contributed by atoms with van der Waals surface area (Å²) >= 11 is 0. The van der Waals surface area contributed by atoms with Crippen molar-refractivity contribution in [1.82, 2.24) is 10.6 Å². The van der Waals surface area contributed by atoms with Gasteiger partial charge in [0.1, 0.15) is 0 Å². The first-order valence-corrected chi connectivity index (χ1v) is 4.67. The van der Waals surface area contributed by atoms with Gasteiger partial charge in [-0.1, -0.05) is 20.8 Å². The second kappa shape index (κ2) is 4.07. The summed E-state index contributed by atoms with van der Waals surface area (Å²) < 4.78 is 0. The Morgan fingerprint density at radius 2 is 2.18 bits per heavy atom. The number of hydrogen-bond donors (Lipinski definition) is 2. The number of piperidine rings is 1. The van der Waals surface area contributed by atoms with Crippen LogP contribution in [0.2, 0.25) is 0 Å². The summed E-state index contributed by atoms with van der Waals surface area (Å²) in [6.45, 7) is 9.08. The molecule has 1 saturated heterocycles. The highest BCUT2D eigenvalue weighted by molar-refractivity contribution is 4.81. The molecule has 0 aliphatic carbocycles. The maximum Gasteiger partial charge on any atom is 0.0220 e. The van der Waals surface area contributed by atoms with E-state index in [1.54, 1.807) is 0 Å². The zero-order valence-corrected chi connectivity index (χ0v) is 7.85. The lowest BCUT2D eigenvalue weighted by molar-refractivity contribution is 0.282. The summed E-state index contributed by atoms with van der Waals surface area (Å²) in [5.74, 6) is 0.832. The summed E-state index contributed by atoms with van der Waals surface area (Å²) in [5, 5.41) is 6.98. The normalized spacial score (nSPS) is 32.7. The first-order valence-electron chi connectivity index (χ1n) is 4.67. The quantitative estimate of drug-likeness (QED) is 0.623. The van der Waals surface area contributed by atoms with Gasteiger partial charge in [0, 0.05) is 18.6 Å². The van der Waals surface area contributed by atoms with Crippen LogP contribution < -0.4 is 10.6 Å². The Balaban J connectivity index is 2.29. The molecule has 0 saturated carbocycles. The van der Waals surface area contributed by atoms with Gasteiger partial charge in [0.05, 0.1) is 0 Å². The van der Waals surface area contributed by atoms with Crippen molar-refractivity contribution in [2.45, 2.75) is 39.3 Å². The average Bonchev–Trinajstić information content (AvgIpc) is 1.93. The maximum absolute atomic E-state index is 3.57. The van der Waals surface area contributed by atoms with Crippen LogP contribution in [0.15, 0.2) is 0 Å². The molecule has 1 heterocycles. The Morgan fingerprint density at radius 1 is 1.45 bits per heavy atom. The highest BCUT2D eigenvalue weighted by Crippen LogP contribution is 2.11. The molecule has 0 aromatic carbocycles. The Labute approximate surface area is 69.8 Å². The molecule has 0 unspecified atom stereocenters. The molecule has 1 fully saturated rings. The molecule has 2 atom stereocenters. The van der Waals surface area contributed by atoms with E-state index in [1.165, 1.54) is 13.0 Å². The number of nitrogens with one attached hydrogen (secondary N) is 2. The molecule has 2 nitrogen and oxygen atoms in total. The van der Waals surface area contributed by atoms with Crippen LogP contribution in [-0.2, 0) is 0 Å². The van der Waals surface area contributed by atoms with Crippen molar-refractivity contribution in [3.63, 3.8) is 0 Å². The van der Waals surface area contributed by atoms with Crippen molar-refractivity contribution in [3.8, 4) is 0 Å². The van der Waals surface area contributed by atoms with E-state index < -0.39 is 0 Å². The zero-order valence-electron chi connectivity index (χ0n) is 7.85. The van der Waals surface area contributed by atoms with E-state index >= 15 is 0 Å². The van der Waals surface area contributed by atoms with E-state index in [2.05, 4.69) is 31.4 Å². The maximum atomic E-state index is 3.57. The minimum Gasteiger partial charge on any atom is -0.315 e. The van der Waals surface area contributed by atoms with Gasteiger partial charge in [-0.15, -0.1) is 0 Å².